The van der Waals surface area contributed by atoms with Crippen LogP contribution in [0.2, 0.25) is 0 Å². The van der Waals surface area contributed by atoms with Crippen molar-refractivity contribution in [3.05, 3.63) is 0 Å². The summed E-state index contributed by atoms with van der Waals surface area (Å²) in [6.45, 7) is 2.79. The second kappa shape index (κ2) is 37.4. The quantitative estimate of drug-likeness (QED) is 0.0306. The highest BCUT2D eigenvalue weighted by Gasteiger charge is 2.28. The van der Waals surface area contributed by atoms with E-state index in [1.807, 2.05) is 0 Å². The molecule has 0 saturated carbocycles. The number of aliphatic carboxylic acids is 1. The maximum atomic E-state index is 12.6. The van der Waals surface area contributed by atoms with Gasteiger partial charge in [-0.15, -0.1) is 0 Å². The van der Waals surface area contributed by atoms with E-state index in [2.05, 4.69) is 18.4 Å². The molecule has 0 heterocycles. The molecule has 1 unspecified atom stereocenters. The summed E-state index contributed by atoms with van der Waals surface area (Å²) in [6.07, 6.45) is 34.8. The summed E-state index contributed by atoms with van der Waals surface area (Å²) in [6, 6.07) is -1.51. The Bertz CT molecular complexity index is 921. The van der Waals surface area contributed by atoms with Crippen LogP contribution in [0.3, 0.4) is 0 Å². The predicted octanol–water partition coefficient (Wildman–Crippen LogP) is 11.1. The molecule has 0 aromatic carbocycles. The Labute approximate surface area is 323 Å². The molecule has 11 nitrogen and oxygen atoms in total. The van der Waals surface area contributed by atoms with Gasteiger partial charge < -0.3 is 25.2 Å². The Hall–Kier alpha value is -1.52. The summed E-state index contributed by atoms with van der Waals surface area (Å²) in [5, 5.41) is 8.86. The van der Waals surface area contributed by atoms with Crippen LogP contribution in [0.15, 0.2) is 0 Å². The molecule has 4 N–H and O–H groups in total. The molecule has 0 bridgehead atoms. The molecule has 12 heteroatoms. The molecule has 0 aliphatic rings. The first kappa shape index (κ1) is 51.5. The molecule has 0 aromatic heterocycles. The fourth-order valence-corrected chi connectivity index (χ4v) is 6.96. The molecule has 0 rings (SSSR count). The normalized spacial score (nSPS) is 13.7. The average molecular weight is 778 g/mol. The van der Waals surface area contributed by atoms with E-state index in [4.69, 9.17) is 24.8 Å². The summed E-state index contributed by atoms with van der Waals surface area (Å²) < 4.78 is 32.6. The predicted molar refractivity (Wildman–Crippen MR) is 213 cm³/mol. The molecule has 0 fully saturated rings. The average Bonchev–Trinajstić information content (AvgIpc) is 3.13. The van der Waals surface area contributed by atoms with Crippen molar-refractivity contribution in [3.63, 3.8) is 0 Å². The summed E-state index contributed by atoms with van der Waals surface area (Å²) in [5.41, 5.74) is 5.32. The number of hydrogen-bond donors (Lipinski definition) is 3. The number of ether oxygens (including phenoxy) is 2. The van der Waals surface area contributed by atoms with E-state index in [1.54, 1.807) is 0 Å². The van der Waals surface area contributed by atoms with Crippen molar-refractivity contribution in [3.8, 4) is 0 Å². The fourth-order valence-electron chi connectivity index (χ4n) is 6.18. The van der Waals surface area contributed by atoms with Crippen molar-refractivity contribution < 1.29 is 47.5 Å². The van der Waals surface area contributed by atoms with Crippen molar-refractivity contribution >= 4 is 25.7 Å². The van der Waals surface area contributed by atoms with Gasteiger partial charge in [0, 0.05) is 12.8 Å². The number of phosphoric acid groups is 1. The Balaban J connectivity index is 4.18. The van der Waals surface area contributed by atoms with Crippen molar-refractivity contribution in [1.82, 2.24) is 0 Å². The van der Waals surface area contributed by atoms with Gasteiger partial charge in [0.2, 0.25) is 0 Å². The van der Waals surface area contributed by atoms with E-state index in [0.29, 0.717) is 12.8 Å². The van der Waals surface area contributed by atoms with Gasteiger partial charge in [0.25, 0.3) is 0 Å². The number of esters is 2. The van der Waals surface area contributed by atoms with E-state index < -0.39 is 51.1 Å². The summed E-state index contributed by atoms with van der Waals surface area (Å²) in [4.78, 5) is 45.7. The highest BCUT2D eigenvalue weighted by atomic mass is 31.2. The third-order valence-electron chi connectivity index (χ3n) is 9.61. The zero-order valence-electron chi connectivity index (χ0n) is 33.9. The molecule has 0 saturated heterocycles. The van der Waals surface area contributed by atoms with Crippen molar-refractivity contribution in [2.24, 2.45) is 5.73 Å². The maximum absolute atomic E-state index is 12.6. The van der Waals surface area contributed by atoms with E-state index in [1.165, 1.54) is 135 Å². The number of hydrogen-bond acceptors (Lipinski definition) is 9. The van der Waals surface area contributed by atoms with Gasteiger partial charge in [-0.2, -0.15) is 0 Å². The number of phosphoric ester groups is 1. The van der Waals surface area contributed by atoms with Gasteiger partial charge in [0.15, 0.2) is 6.10 Å². The third-order valence-corrected chi connectivity index (χ3v) is 10.6. The lowest BCUT2D eigenvalue weighted by molar-refractivity contribution is -0.161. The lowest BCUT2D eigenvalue weighted by Gasteiger charge is -2.20. The summed E-state index contributed by atoms with van der Waals surface area (Å²) in [5.74, 6) is -2.37. The number of carboxylic acids is 1. The molecule has 0 radical (unpaired) electrons. The lowest BCUT2D eigenvalue weighted by atomic mass is 10.0. The first-order chi connectivity index (χ1) is 25.6. The standard InChI is InChI=1S/C41H80NO10P/c1-3-5-7-9-11-13-14-15-16-17-18-19-20-21-22-23-24-25-27-29-31-33-40(44)52-37(35-50-53(47,48)51-36-38(42)41(45)46)34-49-39(43)32-30-28-26-12-10-8-6-4-2/h37-38H,3-36,42H2,1-2H3,(H,45,46)(H,47,48)/t37-,38-/m0/s1. The van der Waals surface area contributed by atoms with E-state index in [9.17, 15) is 23.8 Å². The van der Waals surface area contributed by atoms with Gasteiger partial charge in [-0.1, -0.05) is 187 Å². The molecule has 0 aliphatic carbocycles. The van der Waals surface area contributed by atoms with Crippen LogP contribution in [0.25, 0.3) is 0 Å². The van der Waals surface area contributed by atoms with Crippen LogP contribution in [0.5, 0.6) is 0 Å². The van der Waals surface area contributed by atoms with Gasteiger partial charge in [-0.05, 0) is 12.8 Å². The molecular weight excluding hydrogens is 697 g/mol. The van der Waals surface area contributed by atoms with Gasteiger partial charge >= 0.3 is 25.7 Å². The molecule has 314 valence electrons. The van der Waals surface area contributed by atoms with E-state index in [0.717, 1.165) is 38.5 Å². The second-order valence-electron chi connectivity index (χ2n) is 14.8. The van der Waals surface area contributed by atoms with Crippen molar-refractivity contribution in [1.29, 1.82) is 0 Å². The Kier molecular flexibility index (Phi) is 36.3. The SMILES string of the molecule is CCCCCCCCCCCCCCCCCCCCCCCC(=O)O[C@@H](COC(=O)CCCCCCCCCC)COP(=O)(O)OC[C@H](N)C(=O)O. The fraction of sp³-hybridized carbons (Fsp3) is 0.927. The topological polar surface area (TPSA) is 172 Å². The molecule has 3 atom stereocenters. The molecule has 0 spiro atoms. The third kappa shape index (κ3) is 37.2. The smallest absolute Gasteiger partial charge is 0.472 e. The number of nitrogens with two attached hydrogens (primary N) is 1. The molecule has 53 heavy (non-hydrogen) atoms. The van der Waals surface area contributed by atoms with Crippen LogP contribution in [0.1, 0.15) is 213 Å². The number of carbonyl (C=O) groups is 3. The zero-order valence-corrected chi connectivity index (χ0v) is 34.8. The van der Waals surface area contributed by atoms with Crippen LogP contribution in [0, 0.1) is 0 Å². The Morgan fingerprint density at radius 1 is 0.509 bits per heavy atom. The monoisotopic (exact) mass is 778 g/mol. The van der Waals surface area contributed by atoms with Crippen LogP contribution < -0.4 is 5.73 Å². The van der Waals surface area contributed by atoms with Gasteiger partial charge in [0.05, 0.1) is 13.2 Å². The summed E-state index contributed by atoms with van der Waals surface area (Å²) >= 11 is 0. The minimum Gasteiger partial charge on any atom is -0.480 e. The number of rotatable bonds is 41. The van der Waals surface area contributed by atoms with E-state index in [-0.39, 0.29) is 19.4 Å². The van der Waals surface area contributed by atoms with E-state index >= 15 is 0 Å². The van der Waals surface area contributed by atoms with Crippen LogP contribution >= 0.6 is 7.82 Å². The molecule has 0 aliphatic heterocycles. The maximum Gasteiger partial charge on any atom is 0.472 e. The van der Waals surface area contributed by atoms with Gasteiger partial charge in [-0.25, -0.2) is 4.57 Å². The minimum atomic E-state index is -4.70. The minimum absolute atomic E-state index is 0.169. The Morgan fingerprint density at radius 3 is 1.19 bits per heavy atom. The highest BCUT2D eigenvalue weighted by molar-refractivity contribution is 7.47. The number of carbonyl (C=O) groups excluding carboxylic acids is 2. The first-order valence-corrected chi connectivity index (χ1v) is 23.1. The molecular formula is C41H80NO10P. The first-order valence-electron chi connectivity index (χ1n) is 21.6. The van der Waals surface area contributed by atoms with Crippen molar-refractivity contribution in [2.75, 3.05) is 19.8 Å². The number of carboxylic acid groups (broad SMARTS) is 1. The second-order valence-corrected chi connectivity index (χ2v) is 16.3. The number of unbranched alkanes of at least 4 members (excludes halogenated alkanes) is 27. The largest absolute Gasteiger partial charge is 0.480 e. The Morgan fingerprint density at radius 2 is 0.830 bits per heavy atom. The van der Waals surface area contributed by atoms with Gasteiger partial charge in [-0.3, -0.25) is 23.4 Å². The van der Waals surface area contributed by atoms with Gasteiger partial charge in [0.1, 0.15) is 12.6 Å². The zero-order chi connectivity index (χ0) is 39.3. The lowest BCUT2D eigenvalue weighted by Crippen LogP contribution is -2.34. The van der Waals surface area contributed by atoms with Crippen molar-refractivity contribution in [2.45, 2.75) is 225 Å². The van der Waals surface area contributed by atoms with Crippen LogP contribution in [-0.4, -0.2) is 59.9 Å². The highest BCUT2D eigenvalue weighted by Crippen LogP contribution is 2.43. The summed E-state index contributed by atoms with van der Waals surface area (Å²) in [7, 11) is -4.70. The van der Waals surface area contributed by atoms with Crippen LogP contribution in [-0.2, 0) is 37.5 Å². The molecule has 0 amide bonds. The van der Waals surface area contributed by atoms with Crippen LogP contribution in [0.4, 0.5) is 0 Å². The molecule has 0 aromatic rings.